The van der Waals surface area contributed by atoms with E-state index >= 15 is 0 Å². The largest absolute Gasteiger partial charge is 0.355 e. The van der Waals surface area contributed by atoms with Gasteiger partial charge >= 0.3 is 0 Å². The van der Waals surface area contributed by atoms with Crippen LogP contribution in [-0.4, -0.2) is 64.5 Å². The molecular weight excluding hydrogens is 604 g/mol. The summed E-state index contributed by atoms with van der Waals surface area (Å²) in [4.78, 5) is 48.9. The number of benzene rings is 2. The quantitative estimate of drug-likeness (QED) is 0.192. The summed E-state index contributed by atoms with van der Waals surface area (Å²) in [5.74, 6) is 0.737. The van der Waals surface area contributed by atoms with Gasteiger partial charge in [-0.15, -0.1) is 5.10 Å². The van der Waals surface area contributed by atoms with E-state index in [2.05, 4.69) is 36.0 Å². The first-order chi connectivity index (χ1) is 23.3. The van der Waals surface area contributed by atoms with Gasteiger partial charge in [-0.2, -0.15) is 5.10 Å². The molecule has 4 aromatic rings. The lowest BCUT2D eigenvalue weighted by molar-refractivity contribution is -0.145. The van der Waals surface area contributed by atoms with Gasteiger partial charge in [0.1, 0.15) is 12.4 Å². The first-order valence-electron chi connectivity index (χ1n) is 16.4. The fourth-order valence-electron chi connectivity index (χ4n) is 6.15. The molecule has 2 aromatic heterocycles. The summed E-state index contributed by atoms with van der Waals surface area (Å²) in [7, 11) is 1.89. The van der Waals surface area contributed by atoms with Crippen LogP contribution in [0, 0.1) is 5.41 Å². The van der Waals surface area contributed by atoms with Gasteiger partial charge < -0.3 is 25.8 Å². The van der Waals surface area contributed by atoms with Crippen LogP contribution in [0.25, 0.3) is 0 Å². The molecule has 3 heterocycles. The van der Waals surface area contributed by atoms with Crippen molar-refractivity contribution in [3.63, 3.8) is 0 Å². The van der Waals surface area contributed by atoms with Crippen molar-refractivity contribution >= 4 is 35.0 Å². The van der Waals surface area contributed by atoms with Crippen molar-refractivity contribution in [2.75, 3.05) is 42.2 Å². The minimum atomic E-state index is -0.645. The molecular formula is C37H44N8O3. The van der Waals surface area contributed by atoms with Gasteiger partial charge in [-0.05, 0) is 85.0 Å². The SMILES string of the molecule is CCc1ccc(NC(=O)CN(Cc2ccccc2CNC)C(=O)C2(C)CCN(c3cccnn3)CC2)cc1CC(=O)Nc1ccccn1. The van der Waals surface area contributed by atoms with Crippen molar-refractivity contribution < 1.29 is 14.4 Å². The number of nitrogens with one attached hydrogen (secondary N) is 3. The topological polar surface area (TPSA) is 132 Å². The smallest absolute Gasteiger partial charge is 0.244 e. The van der Waals surface area contributed by atoms with Crippen LogP contribution in [0.1, 0.15) is 48.9 Å². The number of carbonyl (C=O) groups is 3. The Hall–Kier alpha value is -5.16. The van der Waals surface area contributed by atoms with Gasteiger partial charge in [0.15, 0.2) is 5.82 Å². The number of hydrogen-bond acceptors (Lipinski definition) is 8. The zero-order chi connectivity index (χ0) is 33.9. The summed E-state index contributed by atoms with van der Waals surface area (Å²) < 4.78 is 0. The van der Waals surface area contributed by atoms with Crippen LogP contribution in [0.3, 0.4) is 0 Å². The third-order valence-electron chi connectivity index (χ3n) is 8.89. The molecule has 0 radical (unpaired) electrons. The Bertz CT molecular complexity index is 1690. The van der Waals surface area contributed by atoms with Gasteiger partial charge in [0, 0.05) is 49.7 Å². The summed E-state index contributed by atoms with van der Waals surface area (Å²) in [6.07, 6.45) is 5.40. The fraction of sp³-hybridized carbons (Fsp3) is 0.351. The Morgan fingerprint density at radius 2 is 1.62 bits per heavy atom. The highest BCUT2D eigenvalue weighted by molar-refractivity contribution is 5.96. The van der Waals surface area contributed by atoms with Crippen LogP contribution in [0.2, 0.25) is 0 Å². The van der Waals surface area contributed by atoms with Crippen molar-refractivity contribution in [2.45, 2.75) is 52.6 Å². The highest BCUT2D eigenvalue weighted by Crippen LogP contribution is 2.35. The predicted octanol–water partition coefficient (Wildman–Crippen LogP) is 4.61. The van der Waals surface area contributed by atoms with Crippen LogP contribution in [0.5, 0.6) is 0 Å². The number of piperidine rings is 1. The average molecular weight is 649 g/mol. The Morgan fingerprint density at radius 1 is 0.854 bits per heavy atom. The van der Waals surface area contributed by atoms with Crippen molar-refractivity contribution in [2.24, 2.45) is 5.41 Å². The van der Waals surface area contributed by atoms with Crippen molar-refractivity contribution in [1.29, 1.82) is 0 Å². The second kappa shape index (κ2) is 16.1. The van der Waals surface area contributed by atoms with E-state index in [1.54, 1.807) is 29.4 Å². The third kappa shape index (κ3) is 8.80. The van der Waals surface area contributed by atoms with E-state index in [4.69, 9.17) is 0 Å². The van der Waals surface area contributed by atoms with Gasteiger partial charge in [0.25, 0.3) is 0 Å². The van der Waals surface area contributed by atoms with E-state index < -0.39 is 5.41 Å². The Morgan fingerprint density at radius 3 is 2.31 bits per heavy atom. The first-order valence-corrected chi connectivity index (χ1v) is 16.4. The zero-order valence-corrected chi connectivity index (χ0v) is 27.9. The Kier molecular flexibility index (Phi) is 11.5. The number of amides is 3. The molecule has 1 fully saturated rings. The van der Waals surface area contributed by atoms with Gasteiger partial charge in [-0.3, -0.25) is 14.4 Å². The number of aryl methyl sites for hydroxylation is 1. The lowest BCUT2D eigenvalue weighted by Crippen LogP contribution is -2.50. The minimum absolute atomic E-state index is 0.0519. The molecule has 11 heteroatoms. The molecule has 0 unspecified atom stereocenters. The number of hydrogen-bond donors (Lipinski definition) is 3. The molecule has 1 aliphatic heterocycles. The molecule has 11 nitrogen and oxygen atoms in total. The maximum absolute atomic E-state index is 14.4. The highest BCUT2D eigenvalue weighted by atomic mass is 16.2. The van der Waals surface area contributed by atoms with Crippen LogP contribution in [-0.2, 0) is 40.3 Å². The predicted molar refractivity (Wildman–Crippen MR) is 187 cm³/mol. The summed E-state index contributed by atoms with van der Waals surface area (Å²) in [5.41, 5.74) is 3.83. The number of carbonyl (C=O) groups excluding carboxylic acids is 3. The summed E-state index contributed by atoms with van der Waals surface area (Å²) >= 11 is 0. The average Bonchev–Trinajstić information content (AvgIpc) is 3.10. The van der Waals surface area contributed by atoms with E-state index in [1.807, 2.05) is 81.6 Å². The number of nitrogens with zero attached hydrogens (tertiary/aromatic N) is 5. The Balaban J connectivity index is 1.32. The molecule has 3 amide bonds. The molecule has 0 atom stereocenters. The first kappa shape index (κ1) is 34.2. The molecule has 0 spiro atoms. The van der Waals surface area contributed by atoms with Crippen molar-refractivity contribution in [3.05, 3.63) is 107 Å². The number of aromatic nitrogens is 3. The number of rotatable bonds is 13. The van der Waals surface area contributed by atoms with Gasteiger partial charge in [-0.1, -0.05) is 50.2 Å². The monoisotopic (exact) mass is 648 g/mol. The maximum Gasteiger partial charge on any atom is 0.244 e. The Labute approximate surface area is 282 Å². The van der Waals surface area contributed by atoms with Gasteiger partial charge in [0.05, 0.1) is 6.42 Å². The van der Waals surface area contributed by atoms with Crippen LogP contribution < -0.4 is 20.9 Å². The molecule has 3 N–H and O–H groups in total. The third-order valence-corrected chi connectivity index (χ3v) is 8.89. The summed E-state index contributed by atoms with van der Waals surface area (Å²) in [6, 6.07) is 22.7. The molecule has 1 saturated heterocycles. The molecule has 1 aliphatic rings. The van der Waals surface area contributed by atoms with Crippen LogP contribution >= 0.6 is 0 Å². The number of anilines is 3. The highest BCUT2D eigenvalue weighted by Gasteiger charge is 2.40. The van der Waals surface area contributed by atoms with Crippen LogP contribution in [0.4, 0.5) is 17.3 Å². The molecule has 0 aliphatic carbocycles. The minimum Gasteiger partial charge on any atom is -0.355 e. The van der Waals surface area contributed by atoms with E-state index in [-0.39, 0.29) is 30.7 Å². The molecule has 0 saturated carbocycles. The van der Waals surface area contributed by atoms with Crippen LogP contribution in [0.15, 0.2) is 85.2 Å². The fourth-order valence-corrected chi connectivity index (χ4v) is 6.15. The summed E-state index contributed by atoms with van der Waals surface area (Å²) in [5, 5.41) is 17.3. The molecule has 48 heavy (non-hydrogen) atoms. The standard InChI is InChI=1S/C37H44N8O3/c1-4-27-14-15-31(22-30(27)23-34(46)42-32-12-7-8-18-39-32)41-35(47)26-45(25-29-11-6-5-10-28(29)24-38-3)36(48)37(2)16-20-44(21-17-37)33-13-9-19-40-43-33/h5-15,18-19,22,38H,4,16-17,20-21,23-26H2,1-3H3,(H,41,47)(H,39,42,46). The van der Waals surface area contributed by atoms with Crippen molar-refractivity contribution in [1.82, 2.24) is 25.4 Å². The van der Waals surface area contributed by atoms with Crippen molar-refractivity contribution in [3.8, 4) is 0 Å². The molecule has 250 valence electrons. The maximum atomic E-state index is 14.4. The van der Waals surface area contributed by atoms with E-state index in [1.165, 1.54) is 0 Å². The number of pyridine rings is 1. The van der Waals surface area contributed by atoms with E-state index in [0.29, 0.717) is 50.5 Å². The second-order valence-corrected chi connectivity index (χ2v) is 12.4. The zero-order valence-electron chi connectivity index (χ0n) is 27.9. The van der Waals surface area contributed by atoms with E-state index in [0.717, 1.165) is 34.5 Å². The lowest BCUT2D eigenvalue weighted by Gasteiger charge is -2.41. The van der Waals surface area contributed by atoms with Gasteiger partial charge in [-0.25, -0.2) is 4.98 Å². The normalized spacial score (nSPS) is 13.9. The van der Waals surface area contributed by atoms with E-state index in [9.17, 15) is 14.4 Å². The van der Waals surface area contributed by atoms with Gasteiger partial charge in [0.2, 0.25) is 17.7 Å². The molecule has 0 bridgehead atoms. The summed E-state index contributed by atoms with van der Waals surface area (Å²) in [6.45, 7) is 6.20. The second-order valence-electron chi connectivity index (χ2n) is 12.4. The molecule has 5 rings (SSSR count). The lowest BCUT2D eigenvalue weighted by atomic mass is 9.78. The molecule has 2 aromatic carbocycles.